The Morgan fingerprint density at radius 2 is 1.90 bits per heavy atom. The van der Waals surface area contributed by atoms with Crippen LogP contribution in [0.5, 0.6) is 5.75 Å². The molecule has 8 heteroatoms. The molecule has 0 atom stereocenters. The molecule has 3 rings (SSSR count). The van der Waals surface area contributed by atoms with Gasteiger partial charge in [-0.25, -0.2) is 0 Å². The van der Waals surface area contributed by atoms with Crippen LogP contribution < -0.4 is 15.0 Å². The van der Waals surface area contributed by atoms with Gasteiger partial charge >= 0.3 is 0 Å². The summed E-state index contributed by atoms with van der Waals surface area (Å²) in [6.45, 7) is 1.23. The Labute approximate surface area is 180 Å². The van der Waals surface area contributed by atoms with E-state index in [1.165, 1.54) is 4.90 Å². The minimum absolute atomic E-state index is 0.0966. The molecule has 2 aromatic carbocycles. The lowest BCUT2D eigenvalue weighted by molar-refractivity contribution is -0.129. The number of amides is 3. The average molecular weight is 430 g/mol. The van der Waals surface area contributed by atoms with E-state index in [2.05, 4.69) is 5.32 Å². The Balaban J connectivity index is 1.42. The monoisotopic (exact) mass is 429 g/mol. The van der Waals surface area contributed by atoms with E-state index >= 15 is 0 Å². The first kappa shape index (κ1) is 21.6. The number of benzene rings is 2. The van der Waals surface area contributed by atoms with Crippen molar-refractivity contribution < 1.29 is 19.1 Å². The summed E-state index contributed by atoms with van der Waals surface area (Å²) in [4.78, 5) is 39.5. The minimum atomic E-state index is -0.344. The van der Waals surface area contributed by atoms with Gasteiger partial charge in [-0.1, -0.05) is 23.7 Å². The third kappa shape index (κ3) is 5.51. The second-order valence-electron chi connectivity index (χ2n) is 6.97. The summed E-state index contributed by atoms with van der Waals surface area (Å²) in [5.74, 6) is 0.0838. The zero-order valence-corrected chi connectivity index (χ0v) is 17.5. The number of likely N-dealkylation sites (N-methyl/N-ethyl adjacent to an activating group) is 1. The highest BCUT2D eigenvalue weighted by molar-refractivity contribution is 6.32. The molecule has 0 aliphatic carbocycles. The number of ether oxygens (including phenoxy) is 1. The van der Waals surface area contributed by atoms with E-state index in [1.54, 1.807) is 48.3 Å². The molecule has 1 saturated heterocycles. The Kier molecular flexibility index (Phi) is 7.30. The number of anilines is 1. The summed E-state index contributed by atoms with van der Waals surface area (Å²) < 4.78 is 5.57. The topological polar surface area (TPSA) is 79.0 Å². The average Bonchev–Trinajstić information content (AvgIpc) is 3.19. The molecule has 0 radical (unpaired) electrons. The molecule has 1 heterocycles. The van der Waals surface area contributed by atoms with Crippen LogP contribution in [0.3, 0.4) is 0 Å². The molecular formula is C22H24ClN3O4. The van der Waals surface area contributed by atoms with Crippen molar-refractivity contribution in [1.29, 1.82) is 0 Å². The van der Waals surface area contributed by atoms with Crippen molar-refractivity contribution in [2.45, 2.75) is 12.8 Å². The fraction of sp³-hybridized carbons (Fsp3) is 0.318. The molecule has 30 heavy (non-hydrogen) atoms. The van der Waals surface area contributed by atoms with Gasteiger partial charge in [-0.05, 0) is 42.8 Å². The normalized spacial score (nSPS) is 13.3. The van der Waals surface area contributed by atoms with Crippen molar-refractivity contribution in [3.05, 3.63) is 59.1 Å². The highest BCUT2D eigenvalue weighted by Crippen LogP contribution is 2.23. The standard InChI is InChI=1S/C22H24ClN3O4/c1-25(13-14-30-19-6-3-2-5-18(19)23)21(28)15-24-22(29)16-8-10-17(11-9-16)26-12-4-7-20(26)27/h2-3,5-6,8-11H,4,7,12-15H2,1H3,(H,24,29). The van der Waals surface area contributed by atoms with Gasteiger partial charge in [0.25, 0.3) is 5.91 Å². The fourth-order valence-corrected chi connectivity index (χ4v) is 3.28. The van der Waals surface area contributed by atoms with Gasteiger partial charge in [-0.2, -0.15) is 0 Å². The molecule has 1 N–H and O–H groups in total. The van der Waals surface area contributed by atoms with E-state index in [-0.39, 0.29) is 30.9 Å². The smallest absolute Gasteiger partial charge is 0.251 e. The first-order valence-corrected chi connectivity index (χ1v) is 10.1. The van der Waals surface area contributed by atoms with Gasteiger partial charge in [-0.3, -0.25) is 14.4 Å². The molecule has 0 unspecified atom stereocenters. The predicted octanol–water partition coefficient (Wildman–Crippen LogP) is 2.73. The first-order valence-electron chi connectivity index (χ1n) is 9.75. The van der Waals surface area contributed by atoms with Crippen molar-refractivity contribution in [3.8, 4) is 5.75 Å². The second kappa shape index (κ2) is 10.1. The minimum Gasteiger partial charge on any atom is -0.490 e. The maximum absolute atomic E-state index is 12.3. The van der Waals surface area contributed by atoms with E-state index in [9.17, 15) is 14.4 Å². The summed E-state index contributed by atoms with van der Waals surface area (Å²) in [6, 6.07) is 13.9. The number of hydrogen-bond donors (Lipinski definition) is 1. The largest absolute Gasteiger partial charge is 0.490 e. The highest BCUT2D eigenvalue weighted by atomic mass is 35.5. The number of nitrogens with one attached hydrogen (secondary N) is 1. The summed E-state index contributed by atoms with van der Waals surface area (Å²) in [5, 5.41) is 3.13. The van der Waals surface area contributed by atoms with E-state index in [0.29, 0.717) is 35.8 Å². The summed E-state index contributed by atoms with van der Waals surface area (Å²) in [6.07, 6.45) is 1.40. The number of hydrogen-bond acceptors (Lipinski definition) is 4. The fourth-order valence-electron chi connectivity index (χ4n) is 3.09. The third-order valence-corrected chi connectivity index (χ3v) is 5.17. The van der Waals surface area contributed by atoms with E-state index < -0.39 is 0 Å². The number of halogens is 1. The molecule has 0 bridgehead atoms. The zero-order chi connectivity index (χ0) is 21.5. The van der Waals surface area contributed by atoms with Gasteiger partial charge in [0.1, 0.15) is 12.4 Å². The SMILES string of the molecule is CN(CCOc1ccccc1Cl)C(=O)CNC(=O)c1ccc(N2CCCC2=O)cc1. The molecule has 7 nitrogen and oxygen atoms in total. The van der Waals surface area contributed by atoms with Gasteiger partial charge in [0, 0.05) is 31.3 Å². The maximum Gasteiger partial charge on any atom is 0.251 e. The van der Waals surface area contributed by atoms with Crippen LogP contribution in [0.2, 0.25) is 5.02 Å². The second-order valence-corrected chi connectivity index (χ2v) is 7.38. The molecule has 0 saturated carbocycles. The number of carbonyl (C=O) groups excluding carboxylic acids is 3. The zero-order valence-electron chi connectivity index (χ0n) is 16.8. The Bertz CT molecular complexity index is 917. The molecule has 2 aromatic rings. The van der Waals surface area contributed by atoms with Crippen LogP contribution >= 0.6 is 11.6 Å². The van der Waals surface area contributed by atoms with Crippen LogP contribution in [0, 0.1) is 0 Å². The van der Waals surface area contributed by atoms with Crippen molar-refractivity contribution in [3.63, 3.8) is 0 Å². The molecule has 1 fully saturated rings. The van der Waals surface area contributed by atoms with Gasteiger partial charge in [0.2, 0.25) is 11.8 Å². The van der Waals surface area contributed by atoms with E-state index in [0.717, 1.165) is 12.1 Å². The molecule has 1 aliphatic heterocycles. The summed E-state index contributed by atoms with van der Waals surface area (Å²) >= 11 is 6.03. The molecule has 0 aromatic heterocycles. The van der Waals surface area contributed by atoms with Crippen molar-refractivity contribution in [2.24, 2.45) is 0 Å². The highest BCUT2D eigenvalue weighted by Gasteiger charge is 2.21. The lowest BCUT2D eigenvalue weighted by atomic mass is 10.2. The van der Waals surface area contributed by atoms with Gasteiger partial charge in [-0.15, -0.1) is 0 Å². The molecule has 158 valence electrons. The van der Waals surface area contributed by atoms with Crippen LogP contribution in [-0.4, -0.2) is 55.9 Å². The van der Waals surface area contributed by atoms with Gasteiger partial charge in [0.05, 0.1) is 18.1 Å². The molecular weight excluding hydrogens is 406 g/mol. The third-order valence-electron chi connectivity index (χ3n) is 4.86. The van der Waals surface area contributed by atoms with E-state index in [1.807, 2.05) is 12.1 Å². The predicted molar refractivity (Wildman–Crippen MR) is 115 cm³/mol. The quantitative estimate of drug-likeness (QED) is 0.699. The lowest BCUT2D eigenvalue weighted by Gasteiger charge is -2.18. The molecule has 3 amide bonds. The molecule has 0 spiro atoms. The number of nitrogens with zero attached hydrogens (tertiary/aromatic N) is 2. The maximum atomic E-state index is 12.3. The van der Waals surface area contributed by atoms with Crippen molar-refractivity contribution >= 4 is 35.0 Å². The van der Waals surface area contributed by atoms with Gasteiger partial charge < -0.3 is 19.9 Å². The van der Waals surface area contributed by atoms with Crippen LogP contribution in [0.25, 0.3) is 0 Å². The van der Waals surface area contributed by atoms with Crippen LogP contribution in [0.4, 0.5) is 5.69 Å². The Morgan fingerprint density at radius 1 is 1.17 bits per heavy atom. The first-order chi connectivity index (χ1) is 14.5. The Hall–Kier alpha value is -3.06. The number of para-hydroxylation sites is 1. The van der Waals surface area contributed by atoms with Crippen LogP contribution in [0.1, 0.15) is 23.2 Å². The van der Waals surface area contributed by atoms with Crippen LogP contribution in [-0.2, 0) is 9.59 Å². The van der Waals surface area contributed by atoms with Crippen molar-refractivity contribution in [1.82, 2.24) is 10.2 Å². The van der Waals surface area contributed by atoms with Crippen LogP contribution in [0.15, 0.2) is 48.5 Å². The number of rotatable bonds is 8. The van der Waals surface area contributed by atoms with Crippen molar-refractivity contribution in [2.75, 3.05) is 38.2 Å². The van der Waals surface area contributed by atoms with Gasteiger partial charge in [0.15, 0.2) is 0 Å². The lowest BCUT2D eigenvalue weighted by Crippen LogP contribution is -2.39. The Morgan fingerprint density at radius 3 is 2.57 bits per heavy atom. The van der Waals surface area contributed by atoms with E-state index in [4.69, 9.17) is 16.3 Å². The summed E-state index contributed by atoms with van der Waals surface area (Å²) in [5.41, 5.74) is 1.21. The molecule has 1 aliphatic rings. The number of carbonyl (C=O) groups is 3. The summed E-state index contributed by atoms with van der Waals surface area (Å²) in [7, 11) is 1.65.